The van der Waals surface area contributed by atoms with Crippen molar-refractivity contribution in [2.45, 2.75) is 0 Å². The fourth-order valence-corrected chi connectivity index (χ4v) is 1.73. The summed E-state index contributed by atoms with van der Waals surface area (Å²) in [4.78, 5) is 0. The van der Waals surface area contributed by atoms with E-state index in [9.17, 15) is 4.39 Å². The van der Waals surface area contributed by atoms with Gasteiger partial charge in [0.15, 0.2) is 11.5 Å². The highest BCUT2D eigenvalue weighted by atomic mass is 35.5. The third-order valence-corrected chi connectivity index (χ3v) is 2.88. The Kier molecular flexibility index (Phi) is 5.07. The summed E-state index contributed by atoms with van der Waals surface area (Å²) in [6, 6.07) is 11.6. The van der Waals surface area contributed by atoms with Gasteiger partial charge in [0.25, 0.3) is 0 Å². The molecule has 2 rings (SSSR count). The molecule has 106 valence electrons. The van der Waals surface area contributed by atoms with Crippen LogP contribution >= 0.6 is 11.6 Å². The predicted molar refractivity (Wildman–Crippen MR) is 75.4 cm³/mol. The number of para-hydroxylation sites is 2. The molecule has 20 heavy (non-hydrogen) atoms. The van der Waals surface area contributed by atoms with Gasteiger partial charge < -0.3 is 14.2 Å². The normalized spacial score (nSPS) is 10.2. The predicted octanol–water partition coefficient (Wildman–Crippen LogP) is 3.95. The molecule has 2 aromatic carbocycles. The molecule has 5 heteroatoms. The molecule has 0 aromatic heterocycles. The summed E-state index contributed by atoms with van der Waals surface area (Å²) in [5, 5.41) is 0.0719. The van der Waals surface area contributed by atoms with E-state index in [2.05, 4.69) is 0 Å². The van der Waals surface area contributed by atoms with Crippen LogP contribution in [0.1, 0.15) is 0 Å². The zero-order valence-corrected chi connectivity index (χ0v) is 11.7. The number of halogens is 2. The van der Waals surface area contributed by atoms with E-state index in [1.807, 2.05) is 18.2 Å². The maximum Gasteiger partial charge on any atom is 0.161 e. The molecule has 0 fully saturated rings. The van der Waals surface area contributed by atoms with Crippen LogP contribution in [0.15, 0.2) is 42.5 Å². The summed E-state index contributed by atoms with van der Waals surface area (Å²) in [5.41, 5.74) is 0. The Morgan fingerprint density at radius 1 is 1.00 bits per heavy atom. The van der Waals surface area contributed by atoms with Gasteiger partial charge in [-0.25, -0.2) is 4.39 Å². The highest BCUT2D eigenvalue weighted by Gasteiger charge is 2.04. The van der Waals surface area contributed by atoms with Gasteiger partial charge in [-0.05, 0) is 24.3 Å². The zero-order chi connectivity index (χ0) is 14.4. The highest BCUT2D eigenvalue weighted by Crippen LogP contribution is 2.25. The lowest BCUT2D eigenvalue weighted by Gasteiger charge is -2.11. The number of ether oxygens (including phenoxy) is 3. The Labute approximate surface area is 121 Å². The summed E-state index contributed by atoms with van der Waals surface area (Å²) in [7, 11) is 1.58. The molecule has 0 aliphatic rings. The van der Waals surface area contributed by atoms with E-state index in [1.54, 1.807) is 19.2 Å². The van der Waals surface area contributed by atoms with Gasteiger partial charge in [-0.1, -0.05) is 23.7 Å². The number of hydrogen-bond donors (Lipinski definition) is 0. The molecule has 0 N–H and O–H groups in total. The number of rotatable bonds is 6. The van der Waals surface area contributed by atoms with Crippen LogP contribution in [0.5, 0.6) is 17.2 Å². The average Bonchev–Trinajstić information content (AvgIpc) is 2.47. The standard InChI is InChI=1S/C15H14ClFO3/c1-18-14-4-2-3-5-15(14)20-9-8-19-11-6-7-12(16)13(17)10-11/h2-7,10H,8-9H2,1H3. The van der Waals surface area contributed by atoms with E-state index in [0.29, 0.717) is 30.5 Å². The Morgan fingerprint density at radius 2 is 1.70 bits per heavy atom. The maximum atomic E-state index is 13.2. The Balaban J connectivity index is 1.83. The smallest absolute Gasteiger partial charge is 0.161 e. The fraction of sp³-hybridized carbons (Fsp3) is 0.200. The van der Waals surface area contributed by atoms with Crippen LogP contribution in [-0.2, 0) is 0 Å². The van der Waals surface area contributed by atoms with E-state index in [-0.39, 0.29) is 5.02 Å². The van der Waals surface area contributed by atoms with Crippen molar-refractivity contribution >= 4 is 11.6 Å². The van der Waals surface area contributed by atoms with Crippen LogP contribution in [0.2, 0.25) is 5.02 Å². The molecule has 0 radical (unpaired) electrons. The van der Waals surface area contributed by atoms with Gasteiger partial charge in [0.1, 0.15) is 24.8 Å². The Hall–Kier alpha value is -1.94. The number of methoxy groups -OCH3 is 1. The first-order valence-electron chi connectivity index (χ1n) is 6.04. The fourth-order valence-electron chi connectivity index (χ4n) is 1.62. The number of hydrogen-bond acceptors (Lipinski definition) is 3. The quantitative estimate of drug-likeness (QED) is 0.756. The van der Waals surface area contributed by atoms with Crippen LogP contribution in [0.3, 0.4) is 0 Å². The van der Waals surface area contributed by atoms with Crippen molar-refractivity contribution in [3.63, 3.8) is 0 Å². The van der Waals surface area contributed by atoms with Crippen LogP contribution in [0.4, 0.5) is 4.39 Å². The molecule has 0 saturated heterocycles. The van der Waals surface area contributed by atoms with Crippen molar-refractivity contribution in [1.82, 2.24) is 0 Å². The minimum atomic E-state index is -0.505. The molecule has 0 aliphatic heterocycles. The molecule has 0 heterocycles. The first kappa shape index (κ1) is 14.5. The minimum Gasteiger partial charge on any atom is -0.493 e. The summed E-state index contributed by atoms with van der Waals surface area (Å²) in [6.07, 6.45) is 0. The summed E-state index contributed by atoms with van der Waals surface area (Å²) in [6.45, 7) is 0.615. The first-order valence-corrected chi connectivity index (χ1v) is 6.42. The van der Waals surface area contributed by atoms with E-state index in [4.69, 9.17) is 25.8 Å². The molecule has 2 aromatic rings. The summed E-state index contributed by atoms with van der Waals surface area (Å²) in [5.74, 6) is 1.20. The van der Waals surface area contributed by atoms with Crippen molar-refractivity contribution in [2.24, 2.45) is 0 Å². The van der Waals surface area contributed by atoms with Crippen LogP contribution in [0, 0.1) is 5.82 Å². The molecule has 0 unspecified atom stereocenters. The van der Waals surface area contributed by atoms with Crippen LogP contribution in [-0.4, -0.2) is 20.3 Å². The molecule has 3 nitrogen and oxygen atoms in total. The zero-order valence-electron chi connectivity index (χ0n) is 10.9. The Bertz CT molecular complexity index is 575. The minimum absolute atomic E-state index is 0.0719. The van der Waals surface area contributed by atoms with Gasteiger partial charge in [0, 0.05) is 6.07 Å². The lowest BCUT2D eigenvalue weighted by atomic mass is 10.3. The van der Waals surface area contributed by atoms with E-state index < -0.39 is 5.82 Å². The molecule has 0 saturated carbocycles. The van der Waals surface area contributed by atoms with E-state index in [1.165, 1.54) is 12.1 Å². The second-order valence-corrected chi connectivity index (χ2v) is 4.33. The first-order chi connectivity index (χ1) is 9.70. The lowest BCUT2D eigenvalue weighted by Crippen LogP contribution is -2.09. The summed E-state index contributed by atoms with van der Waals surface area (Å²) < 4.78 is 29.3. The van der Waals surface area contributed by atoms with Crippen molar-refractivity contribution in [3.05, 3.63) is 53.3 Å². The SMILES string of the molecule is COc1ccccc1OCCOc1ccc(Cl)c(F)c1. The molecular formula is C15H14ClFO3. The highest BCUT2D eigenvalue weighted by molar-refractivity contribution is 6.30. The van der Waals surface area contributed by atoms with Gasteiger partial charge in [0.05, 0.1) is 12.1 Å². The van der Waals surface area contributed by atoms with Crippen LogP contribution < -0.4 is 14.2 Å². The van der Waals surface area contributed by atoms with Gasteiger partial charge in [-0.15, -0.1) is 0 Å². The maximum absolute atomic E-state index is 13.2. The second-order valence-electron chi connectivity index (χ2n) is 3.92. The molecular weight excluding hydrogens is 283 g/mol. The Morgan fingerprint density at radius 3 is 2.40 bits per heavy atom. The molecule has 0 spiro atoms. The van der Waals surface area contributed by atoms with Crippen molar-refractivity contribution in [2.75, 3.05) is 20.3 Å². The van der Waals surface area contributed by atoms with E-state index in [0.717, 1.165) is 0 Å². The van der Waals surface area contributed by atoms with Crippen molar-refractivity contribution < 1.29 is 18.6 Å². The molecule has 0 aliphatic carbocycles. The molecule has 0 atom stereocenters. The topological polar surface area (TPSA) is 27.7 Å². The van der Waals surface area contributed by atoms with Crippen molar-refractivity contribution in [3.8, 4) is 17.2 Å². The second kappa shape index (κ2) is 7.01. The van der Waals surface area contributed by atoms with Gasteiger partial charge in [-0.2, -0.15) is 0 Å². The van der Waals surface area contributed by atoms with Crippen molar-refractivity contribution in [1.29, 1.82) is 0 Å². The van der Waals surface area contributed by atoms with Crippen LogP contribution in [0.25, 0.3) is 0 Å². The lowest BCUT2D eigenvalue weighted by molar-refractivity contribution is 0.211. The molecule has 0 amide bonds. The average molecular weight is 297 g/mol. The largest absolute Gasteiger partial charge is 0.493 e. The third-order valence-electron chi connectivity index (χ3n) is 2.57. The van der Waals surface area contributed by atoms with E-state index >= 15 is 0 Å². The van der Waals surface area contributed by atoms with Gasteiger partial charge >= 0.3 is 0 Å². The van der Waals surface area contributed by atoms with Gasteiger partial charge in [-0.3, -0.25) is 0 Å². The van der Waals surface area contributed by atoms with Gasteiger partial charge in [0.2, 0.25) is 0 Å². The third kappa shape index (κ3) is 3.78. The molecule has 0 bridgehead atoms. The number of benzene rings is 2. The summed E-state index contributed by atoms with van der Waals surface area (Å²) >= 11 is 5.59. The monoisotopic (exact) mass is 296 g/mol.